The van der Waals surface area contributed by atoms with Crippen LogP contribution in [-0.2, 0) is 4.74 Å². The Balaban J connectivity index is 0.000000225. The van der Waals surface area contributed by atoms with Gasteiger partial charge in [-0.05, 0) is 0 Å². The molecule has 18 heavy (non-hydrogen) atoms. The van der Waals surface area contributed by atoms with Crippen LogP contribution in [0.4, 0.5) is 0 Å². The number of ether oxygens (including phenoxy) is 1. The lowest BCUT2D eigenvalue weighted by Crippen LogP contribution is -2.30. The summed E-state index contributed by atoms with van der Waals surface area (Å²) in [5, 5.41) is 3.16. The molecule has 0 unspecified atom stereocenters. The van der Waals surface area contributed by atoms with Gasteiger partial charge in [0.25, 0.3) is 0 Å². The van der Waals surface area contributed by atoms with Crippen LogP contribution in [0.1, 0.15) is 77.0 Å². The van der Waals surface area contributed by atoms with Gasteiger partial charge in [0.05, 0.1) is 13.2 Å². The van der Waals surface area contributed by atoms with Crippen molar-refractivity contribution >= 4 is 0 Å². The van der Waals surface area contributed by atoms with E-state index in [4.69, 9.17) is 4.74 Å². The first-order chi connectivity index (χ1) is 9.00. The van der Waals surface area contributed by atoms with E-state index in [1.165, 1.54) is 77.0 Å². The van der Waals surface area contributed by atoms with Crippen molar-refractivity contribution in [1.29, 1.82) is 0 Å². The molecule has 1 saturated heterocycles. The van der Waals surface area contributed by atoms with Gasteiger partial charge in [-0.3, -0.25) is 0 Å². The van der Waals surface area contributed by atoms with Gasteiger partial charge < -0.3 is 10.1 Å². The van der Waals surface area contributed by atoms with Crippen molar-refractivity contribution in [3.05, 3.63) is 0 Å². The second kappa shape index (κ2) is 13.4. The molecule has 2 fully saturated rings. The molecule has 1 N–H and O–H groups in total. The van der Waals surface area contributed by atoms with E-state index in [0.29, 0.717) is 0 Å². The molecule has 2 nitrogen and oxygen atoms in total. The van der Waals surface area contributed by atoms with Crippen LogP contribution in [0.5, 0.6) is 0 Å². The molecule has 1 aliphatic heterocycles. The van der Waals surface area contributed by atoms with E-state index >= 15 is 0 Å². The second-order valence-corrected chi connectivity index (χ2v) is 5.61. The third-order valence-corrected chi connectivity index (χ3v) is 3.85. The Morgan fingerprint density at radius 1 is 0.444 bits per heavy atom. The van der Waals surface area contributed by atoms with Crippen molar-refractivity contribution in [2.45, 2.75) is 77.0 Å². The maximum atomic E-state index is 5.01. The summed E-state index contributed by atoms with van der Waals surface area (Å²) in [4.78, 5) is 0. The van der Waals surface area contributed by atoms with Crippen molar-refractivity contribution < 1.29 is 4.74 Å². The molecule has 108 valence electrons. The Morgan fingerprint density at radius 3 is 0.833 bits per heavy atom. The van der Waals surface area contributed by atoms with Gasteiger partial charge in [-0.1, -0.05) is 77.0 Å². The molecule has 2 aliphatic rings. The molecule has 0 spiro atoms. The summed E-state index contributed by atoms with van der Waals surface area (Å²) in [6.07, 6.45) is 18.0. The second-order valence-electron chi connectivity index (χ2n) is 5.61. The molecule has 1 aliphatic carbocycles. The minimum absolute atomic E-state index is 0.889. The van der Waals surface area contributed by atoms with E-state index in [1.54, 1.807) is 0 Å². The van der Waals surface area contributed by atoms with Crippen LogP contribution >= 0.6 is 0 Å². The van der Waals surface area contributed by atoms with Crippen molar-refractivity contribution in [3.63, 3.8) is 0 Å². The Bertz CT molecular complexity index is 103. The normalized spacial score (nSPS) is 24.0. The molecule has 0 radical (unpaired) electrons. The summed E-state index contributed by atoms with van der Waals surface area (Å²) in [7, 11) is 0. The molecular formula is C16H33NO. The summed E-state index contributed by atoms with van der Waals surface area (Å²) in [6, 6.07) is 0. The molecule has 1 saturated carbocycles. The third kappa shape index (κ3) is 11.0. The first-order valence-corrected chi connectivity index (χ1v) is 8.28. The lowest BCUT2D eigenvalue weighted by atomic mass is 10.0. The summed E-state index contributed by atoms with van der Waals surface area (Å²) in [6.45, 7) is 3.83. The van der Waals surface area contributed by atoms with Crippen LogP contribution < -0.4 is 5.32 Å². The number of rotatable bonds is 0. The van der Waals surface area contributed by atoms with E-state index in [0.717, 1.165) is 26.3 Å². The number of nitrogens with one attached hydrogen (secondary N) is 1. The monoisotopic (exact) mass is 255 g/mol. The van der Waals surface area contributed by atoms with Gasteiger partial charge in [-0.25, -0.2) is 0 Å². The third-order valence-electron chi connectivity index (χ3n) is 3.85. The molecule has 2 heteroatoms. The van der Waals surface area contributed by atoms with E-state index in [-0.39, 0.29) is 0 Å². The van der Waals surface area contributed by atoms with Crippen LogP contribution in [-0.4, -0.2) is 26.3 Å². The number of morpholine rings is 1. The van der Waals surface area contributed by atoms with E-state index in [9.17, 15) is 0 Å². The SMILES string of the molecule is C1CCCCCCCCCCC1.C1COCCN1. The zero-order valence-electron chi connectivity index (χ0n) is 12.2. The maximum Gasteiger partial charge on any atom is 0.0591 e. The molecule has 2 rings (SSSR count). The summed E-state index contributed by atoms with van der Waals surface area (Å²) in [5.41, 5.74) is 0. The molecule has 1 heterocycles. The average molecular weight is 255 g/mol. The highest BCUT2D eigenvalue weighted by Crippen LogP contribution is 2.15. The molecular weight excluding hydrogens is 222 g/mol. The molecule has 0 aromatic carbocycles. The van der Waals surface area contributed by atoms with Gasteiger partial charge in [0.15, 0.2) is 0 Å². The van der Waals surface area contributed by atoms with Gasteiger partial charge >= 0.3 is 0 Å². The highest BCUT2D eigenvalue weighted by molar-refractivity contribution is 4.51. The Morgan fingerprint density at radius 2 is 0.722 bits per heavy atom. The smallest absolute Gasteiger partial charge is 0.0591 e. The minimum atomic E-state index is 0.889. The van der Waals surface area contributed by atoms with E-state index in [2.05, 4.69) is 5.32 Å². The van der Waals surface area contributed by atoms with Crippen LogP contribution in [0.15, 0.2) is 0 Å². The fourth-order valence-electron chi connectivity index (χ4n) is 2.64. The quantitative estimate of drug-likeness (QED) is 0.697. The topological polar surface area (TPSA) is 21.3 Å². The Kier molecular flexibility index (Phi) is 11.9. The summed E-state index contributed by atoms with van der Waals surface area (Å²) < 4.78 is 5.01. The zero-order chi connectivity index (χ0) is 12.7. The highest BCUT2D eigenvalue weighted by atomic mass is 16.5. The largest absolute Gasteiger partial charge is 0.379 e. The lowest BCUT2D eigenvalue weighted by Gasteiger charge is -2.10. The maximum absolute atomic E-state index is 5.01. The standard InChI is InChI=1S/C12H24.C4H9NO/c1-2-4-6-8-10-12-11-9-7-5-3-1;1-3-6-4-2-5-1/h1-12H2;5H,1-4H2. The minimum Gasteiger partial charge on any atom is -0.379 e. The highest BCUT2D eigenvalue weighted by Gasteiger charge is 1.96. The van der Waals surface area contributed by atoms with Gasteiger partial charge in [0, 0.05) is 13.1 Å². The van der Waals surface area contributed by atoms with Crippen molar-refractivity contribution in [2.24, 2.45) is 0 Å². The summed E-state index contributed by atoms with van der Waals surface area (Å²) in [5.74, 6) is 0. The zero-order valence-corrected chi connectivity index (χ0v) is 12.2. The number of hydrogen-bond acceptors (Lipinski definition) is 2. The Labute approximate surface area is 114 Å². The van der Waals surface area contributed by atoms with Crippen LogP contribution in [0.2, 0.25) is 0 Å². The molecule has 0 atom stereocenters. The lowest BCUT2D eigenvalue weighted by molar-refractivity contribution is 0.109. The fourth-order valence-corrected chi connectivity index (χ4v) is 2.64. The van der Waals surface area contributed by atoms with Crippen molar-refractivity contribution in [3.8, 4) is 0 Å². The molecule has 0 aromatic rings. The predicted molar refractivity (Wildman–Crippen MR) is 79.1 cm³/mol. The average Bonchev–Trinajstić information content (AvgIpc) is 2.42. The fraction of sp³-hybridized carbons (Fsp3) is 1.00. The van der Waals surface area contributed by atoms with Crippen molar-refractivity contribution in [2.75, 3.05) is 26.3 Å². The number of hydrogen-bond donors (Lipinski definition) is 1. The van der Waals surface area contributed by atoms with Crippen LogP contribution in [0.25, 0.3) is 0 Å². The van der Waals surface area contributed by atoms with Crippen LogP contribution in [0, 0.1) is 0 Å². The van der Waals surface area contributed by atoms with Crippen LogP contribution in [0.3, 0.4) is 0 Å². The summed E-state index contributed by atoms with van der Waals surface area (Å²) >= 11 is 0. The predicted octanol–water partition coefficient (Wildman–Crippen LogP) is 4.29. The van der Waals surface area contributed by atoms with Gasteiger partial charge in [0.2, 0.25) is 0 Å². The Hall–Kier alpha value is -0.0800. The van der Waals surface area contributed by atoms with E-state index in [1.807, 2.05) is 0 Å². The first-order valence-electron chi connectivity index (χ1n) is 8.28. The van der Waals surface area contributed by atoms with Gasteiger partial charge in [-0.15, -0.1) is 0 Å². The van der Waals surface area contributed by atoms with E-state index < -0.39 is 0 Å². The molecule has 0 bridgehead atoms. The molecule has 0 amide bonds. The van der Waals surface area contributed by atoms with Gasteiger partial charge in [-0.2, -0.15) is 0 Å². The molecule has 0 aromatic heterocycles. The first kappa shape index (κ1) is 16.0. The van der Waals surface area contributed by atoms with Crippen molar-refractivity contribution in [1.82, 2.24) is 5.32 Å². The van der Waals surface area contributed by atoms with Gasteiger partial charge in [0.1, 0.15) is 0 Å².